The number of likely N-dealkylation sites (tertiary alicyclic amines) is 1. The molecule has 1 N–H and O–H groups in total. The van der Waals surface area contributed by atoms with E-state index in [2.05, 4.69) is 24.1 Å². The van der Waals surface area contributed by atoms with Gasteiger partial charge in [-0.2, -0.15) is 4.31 Å². The van der Waals surface area contributed by atoms with Crippen molar-refractivity contribution in [2.45, 2.75) is 57.5 Å². The summed E-state index contributed by atoms with van der Waals surface area (Å²) >= 11 is 0. The Labute approximate surface area is 117 Å². The Balaban J connectivity index is 2.26. The molecule has 6 heteroatoms. The second kappa shape index (κ2) is 6.08. The van der Waals surface area contributed by atoms with Crippen LogP contribution in [0.5, 0.6) is 0 Å². The predicted octanol–water partition coefficient (Wildman–Crippen LogP) is 0.830. The first-order chi connectivity index (χ1) is 8.94. The smallest absolute Gasteiger partial charge is 0.219 e. The molecule has 0 aromatic rings. The van der Waals surface area contributed by atoms with Gasteiger partial charge in [-0.1, -0.05) is 0 Å². The third-order valence-electron chi connectivity index (χ3n) is 4.28. The van der Waals surface area contributed by atoms with Gasteiger partial charge in [0, 0.05) is 25.7 Å². The van der Waals surface area contributed by atoms with Crippen LogP contribution in [0.3, 0.4) is 0 Å². The standard InChI is InChI=1S/C13H27N3O2S/c1-11(2)15-8-5-4-6-13(15)16-9-7-14-10-12(3)19(16,17)18/h11-14H,4-10H2,1-3H3. The van der Waals surface area contributed by atoms with E-state index in [1.165, 1.54) is 6.42 Å². The van der Waals surface area contributed by atoms with Crippen LogP contribution in [0.4, 0.5) is 0 Å². The van der Waals surface area contributed by atoms with Crippen molar-refractivity contribution in [3.8, 4) is 0 Å². The lowest BCUT2D eigenvalue weighted by atomic mass is 10.1. The fourth-order valence-electron chi connectivity index (χ4n) is 3.12. The molecule has 19 heavy (non-hydrogen) atoms. The highest BCUT2D eigenvalue weighted by molar-refractivity contribution is 7.89. The number of rotatable bonds is 2. The van der Waals surface area contributed by atoms with Crippen LogP contribution in [0.25, 0.3) is 0 Å². The van der Waals surface area contributed by atoms with E-state index in [-0.39, 0.29) is 11.4 Å². The lowest BCUT2D eigenvalue weighted by Gasteiger charge is -2.44. The molecule has 2 aliphatic rings. The first-order valence-corrected chi connectivity index (χ1v) is 8.92. The molecule has 5 nitrogen and oxygen atoms in total. The monoisotopic (exact) mass is 289 g/mol. The lowest BCUT2D eigenvalue weighted by Crippen LogP contribution is -2.56. The van der Waals surface area contributed by atoms with Crippen molar-refractivity contribution in [1.82, 2.24) is 14.5 Å². The molecule has 0 aliphatic carbocycles. The highest BCUT2D eigenvalue weighted by Gasteiger charge is 2.39. The quantitative estimate of drug-likeness (QED) is 0.818. The van der Waals surface area contributed by atoms with Crippen LogP contribution in [0, 0.1) is 0 Å². The minimum absolute atomic E-state index is 0.0566. The van der Waals surface area contributed by atoms with Crippen molar-refractivity contribution in [1.29, 1.82) is 0 Å². The molecule has 0 aromatic heterocycles. The van der Waals surface area contributed by atoms with Crippen LogP contribution in [0.2, 0.25) is 0 Å². The summed E-state index contributed by atoms with van der Waals surface area (Å²) in [5, 5.41) is 2.90. The third-order valence-corrected chi connectivity index (χ3v) is 6.55. The fourth-order valence-corrected chi connectivity index (χ4v) is 4.83. The number of piperidine rings is 1. The minimum atomic E-state index is -3.18. The van der Waals surface area contributed by atoms with Gasteiger partial charge in [-0.15, -0.1) is 0 Å². The molecule has 0 bridgehead atoms. The number of nitrogens with one attached hydrogen (secondary N) is 1. The average molecular weight is 289 g/mol. The molecule has 2 atom stereocenters. The first kappa shape index (κ1) is 15.2. The van der Waals surface area contributed by atoms with Crippen LogP contribution >= 0.6 is 0 Å². The van der Waals surface area contributed by atoms with Crippen LogP contribution in [0.15, 0.2) is 0 Å². The van der Waals surface area contributed by atoms with Gasteiger partial charge in [0.15, 0.2) is 0 Å². The highest BCUT2D eigenvalue weighted by Crippen LogP contribution is 2.26. The average Bonchev–Trinajstić information content (AvgIpc) is 2.49. The molecule has 2 fully saturated rings. The van der Waals surface area contributed by atoms with E-state index in [1.807, 2.05) is 6.92 Å². The third kappa shape index (κ3) is 3.12. The maximum atomic E-state index is 12.7. The van der Waals surface area contributed by atoms with Crippen molar-refractivity contribution in [2.75, 3.05) is 26.2 Å². The first-order valence-electron chi connectivity index (χ1n) is 7.41. The van der Waals surface area contributed by atoms with Crippen LogP contribution in [-0.2, 0) is 10.0 Å². The summed E-state index contributed by atoms with van der Waals surface area (Å²) in [4.78, 5) is 2.35. The van der Waals surface area contributed by atoms with Gasteiger partial charge in [0.05, 0.1) is 11.4 Å². The number of sulfonamides is 1. The molecule has 0 radical (unpaired) electrons. The van der Waals surface area contributed by atoms with Gasteiger partial charge in [-0.05, 0) is 46.6 Å². The Hall–Kier alpha value is -0.170. The second-order valence-corrected chi connectivity index (χ2v) is 8.28. The minimum Gasteiger partial charge on any atom is -0.314 e. The molecule has 2 heterocycles. The topological polar surface area (TPSA) is 52.6 Å². The van der Waals surface area contributed by atoms with Crippen LogP contribution in [-0.4, -0.2) is 61.3 Å². The Bertz CT molecular complexity index is 397. The summed E-state index contributed by atoms with van der Waals surface area (Å²) in [6.45, 7) is 9.05. The fraction of sp³-hybridized carbons (Fsp3) is 1.00. The van der Waals surface area contributed by atoms with Crippen molar-refractivity contribution in [3.63, 3.8) is 0 Å². The second-order valence-electron chi connectivity index (χ2n) is 5.98. The number of nitrogens with zero attached hydrogens (tertiary/aromatic N) is 2. The van der Waals surface area contributed by atoms with Crippen molar-refractivity contribution < 1.29 is 8.42 Å². The Kier molecular flexibility index (Phi) is 4.87. The van der Waals surface area contributed by atoms with E-state index in [0.29, 0.717) is 19.1 Å². The summed E-state index contributed by atoms with van der Waals surface area (Å²) in [5.74, 6) is 0. The highest BCUT2D eigenvalue weighted by atomic mass is 32.2. The molecule has 112 valence electrons. The summed E-state index contributed by atoms with van der Waals surface area (Å²) in [5.41, 5.74) is 0. The van der Waals surface area contributed by atoms with Gasteiger partial charge in [0.2, 0.25) is 10.0 Å². The van der Waals surface area contributed by atoms with Gasteiger partial charge in [-0.3, -0.25) is 4.90 Å². The molecule has 0 spiro atoms. The molecular formula is C13H27N3O2S. The van der Waals surface area contributed by atoms with E-state index >= 15 is 0 Å². The van der Waals surface area contributed by atoms with Gasteiger partial charge >= 0.3 is 0 Å². The van der Waals surface area contributed by atoms with Crippen molar-refractivity contribution >= 4 is 10.0 Å². The van der Waals surface area contributed by atoms with Gasteiger partial charge in [-0.25, -0.2) is 8.42 Å². The van der Waals surface area contributed by atoms with E-state index in [1.54, 1.807) is 4.31 Å². The van der Waals surface area contributed by atoms with E-state index in [9.17, 15) is 8.42 Å². The van der Waals surface area contributed by atoms with Crippen molar-refractivity contribution in [2.24, 2.45) is 0 Å². The van der Waals surface area contributed by atoms with E-state index in [4.69, 9.17) is 0 Å². The van der Waals surface area contributed by atoms with Crippen LogP contribution < -0.4 is 5.32 Å². The Morgan fingerprint density at radius 3 is 2.63 bits per heavy atom. The molecule has 2 saturated heterocycles. The van der Waals surface area contributed by atoms with Gasteiger partial charge in [0.1, 0.15) is 0 Å². The Morgan fingerprint density at radius 1 is 1.21 bits per heavy atom. The van der Waals surface area contributed by atoms with Gasteiger partial charge < -0.3 is 5.32 Å². The zero-order chi connectivity index (χ0) is 14.0. The lowest BCUT2D eigenvalue weighted by molar-refractivity contribution is 0.0392. The number of hydrogen-bond donors (Lipinski definition) is 1. The normalized spacial score (nSPS) is 34.3. The number of hydrogen-bond acceptors (Lipinski definition) is 4. The zero-order valence-electron chi connectivity index (χ0n) is 12.3. The molecule has 2 rings (SSSR count). The summed E-state index contributed by atoms with van der Waals surface area (Å²) < 4.78 is 27.1. The summed E-state index contributed by atoms with van der Waals surface area (Å²) in [6, 6.07) is 0.395. The van der Waals surface area contributed by atoms with Crippen LogP contribution in [0.1, 0.15) is 40.0 Å². The molecule has 0 saturated carbocycles. The molecule has 0 aromatic carbocycles. The SMILES string of the molecule is CC(C)N1CCCCC1N1CCNCC(C)S1(=O)=O. The Morgan fingerprint density at radius 2 is 1.95 bits per heavy atom. The van der Waals surface area contributed by atoms with E-state index in [0.717, 1.165) is 25.9 Å². The largest absolute Gasteiger partial charge is 0.314 e. The summed E-state index contributed by atoms with van der Waals surface area (Å²) in [7, 11) is -3.18. The molecule has 2 aliphatic heterocycles. The van der Waals surface area contributed by atoms with Gasteiger partial charge in [0.25, 0.3) is 0 Å². The maximum absolute atomic E-state index is 12.7. The molecule has 0 amide bonds. The van der Waals surface area contributed by atoms with E-state index < -0.39 is 10.0 Å². The predicted molar refractivity (Wildman–Crippen MR) is 77.4 cm³/mol. The van der Waals surface area contributed by atoms with Crippen molar-refractivity contribution in [3.05, 3.63) is 0 Å². The molecular weight excluding hydrogens is 262 g/mol. The zero-order valence-corrected chi connectivity index (χ0v) is 13.1. The summed E-state index contributed by atoms with van der Waals surface area (Å²) in [6.07, 6.45) is 3.32. The maximum Gasteiger partial charge on any atom is 0.219 e. The molecule has 2 unspecified atom stereocenters.